The summed E-state index contributed by atoms with van der Waals surface area (Å²) in [4.78, 5) is 33.1. The van der Waals surface area contributed by atoms with Crippen LogP contribution in [-0.4, -0.2) is 35.0 Å². The molecule has 39 heavy (non-hydrogen) atoms. The van der Waals surface area contributed by atoms with E-state index >= 15 is 0 Å². The molecule has 4 aromatic rings. The number of hydrogen-bond acceptors (Lipinski definition) is 7. The number of carbonyl (C=O) groups is 2. The SMILES string of the molecule is CCCCOc1cccc(/C(O)=C2\C(=O)C(=O)N(c3nc4ccc(OCC)cc4s3)C2c2ccc(C)cc2)c1. The van der Waals surface area contributed by atoms with E-state index in [2.05, 4.69) is 11.9 Å². The molecular formula is C31H30N2O5S. The second-order valence-corrected chi connectivity index (χ2v) is 10.4. The highest BCUT2D eigenvalue weighted by Crippen LogP contribution is 2.44. The molecule has 1 aliphatic heterocycles. The highest BCUT2D eigenvalue weighted by atomic mass is 32.1. The molecule has 1 atom stereocenters. The van der Waals surface area contributed by atoms with Crippen LogP contribution in [0.3, 0.4) is 0 Å². The Hall–Kier alpha value is -4.17. The maximum absolute atomic E-state index is 13.5. The molecule has 7 nitrogen and oxygen atoms in total. The van der Waals surface area contributed by atoms with Crippen LogP contribution < -0.4 is 14.4 Å². The molecule has 1 amide bonds. The number of rotatable bonds is 9. The van der Waals surface area contributed by atoms with Crippen LogP contribution in [0.2, 0.25) is 0 Å². The van der Waals surface area contributed by atoms with E-state index in [9.17, 15) is 14.7 Å². The van der Waals surface area contributed by atoms with Crippen molar-refractivity contribution in [2.75, 3.05) is 18.1 Å². The lowest BCUT2D eigenvalue weighted by Crippen LogP contribution is -2.29. The fourth-order valence-electron chi connectivity index (χ4n) is 4.57. The number of ketones is 1. The predicted octanol–water partition coefficient (Wildman–Crippen LogP) is 6.81. The summed E-state index contributed by atoms with van der Waals surface area (Å²) in [5.74, 6) is -0.448. The Morgan fingerprint density at radius 2 is 1.77 bits per heavy atom. The van der Waals surface area contributed by atoms with Crippen molar-refractivity contribution in [1.29, 1.82) is 0 Å². The first-order valence-corrected chi connectivity index (χ1v) is 13.9. The minimum Gasteiger partial charge on any atom is -0.507 e. The molecular weight excluding hydrogens is 512 g/mol. The second-order valence-electron chi connectivity index (χ2n) is 9.37. The van der Waals surface area contributed by atoms with Crippen molar-refractivity contribution in [2.45, 2.75) is 39.7 Å². The molecule has 5 rings (SSSR count). The van der Waals surface area contributed by atoms with E-state index in [0.717, 1.165) is 23.1 Å². The Balaban J connectivity index is 1.62. The van der Waals surface area contributed by atoms with E-state index in [4.69, 9.17) is 9.47 Å². The fraction of sp³-hybridized carbons (Fsp3) is 0.258. The summed E-state index contributed by atoms with van der Waals surface area (Å²) in [5, 5.41) is 11.9. The zero-order chi connectivity index (χ0) is 27.5. The molecule has 2 heterocycles. The number of carbonyl (C=O) groups excluding carboxylic acids is 2. The Morgan fingerprint density at radius 3 is 2.51 bits per heavy atom. The van der Waals surface area contributed by atoms with Crippen molar-refractivity contribution in [1.82, 2.24) is 4.98 Å². The van der Waals surface area contributed by atoms with Gasteiger partial charge in [0.25, 0.3) is 5.78 Å². The number of thiazole rings is 1. The third-order valence-corrected chi connectivity index (χ3v) is 7.59. The van der Waals surface area contributed by atoms with Gasteiger partial charge in [-0.1, -0.05) is 66.6 Å². The maximum atomic E-state index is 13.5. The zero-order valence-corrected chi connectivity index (χ0v) is 23.0. The first kappa shape index (κ1) is 26.4. The van der Waals surface area contributed by atoms with E-state index in [-0.39, 0.29) is 11.3 Å². The number of amides is 1. The van der Waals surface area contributed by atoms with Gasteiger partial charge in [-0.05, 0) is 56.2 Å². The standard InChI is InChI=1S/C31H30N2O5S/c1-4-6-16-38-22-9-7-8-21(17-22)28(34)26-27(20-12-10-19(3)11-13-20)33(30(36)29(26)35)31-32-24-15-14-23(37-5-2)18-25(24)39-31/h7-15,17-18,27,34H,4-6,16H2,1-3H3/b28-26+. The number of fused-ring (bicyclic) bond motifs is 1. The molecule has 8 heteroatoms. The highest BCUT2D eigenvalue weighted by Gasteiger charge is 2.48. The topological polar surface area (TPSA) is 89.0 Å². The number of benzene rings is 3. The summed E-state index contributed by atoms with van der Waals surface area (Å²) in [7, 11) is 0. The van der Waals surface area contributed by atoms with Gasteiger partial charge in [-0.25, -0.2) is 4.98 Å². The number of nitrogens with zero attached hydrogens (tertiary/aromatic N) is 2. The molecule has 0 bridgehead atoms. The van der Waals surface area contributed by atoms with Crippen molar-refractivity contribution in [3.8, 4) is 11.5 Å². The van der Waals surface area contributed by atoms with Crippen LogP contribution in [0.5, 0.6) is 11.5 Å². The van der Waals surface area contributed by atoms with Gasteiger partial charge in [0.2, 0.25) is 0 Å². The number of aromatic nitrogens is 1. The molecule has 1 aromatic heterocycles. The molecule has 3 aromatic carbocycles. The monoisotopic (exact) mass is 542 g/mol. The lowest BCUT2D eigenvalue weighted by Gasteiger charge is -2.23. The van der Waals surface area contributed by atoms with Crippen LogP contribution in [0.25, 0.3) is 16.0 Å². The Bertz CT molecular complexity index is 1560. The fourth-order valence-corrected chi connectivity index (χ4v) is 5.59. The maximum Gasteiger partial charge on any atom is 0.301 e. The summed E-state index contributed by atoms with van der Waals surface area (Å²) in [5.41, 5.74) is 2.86. The van der Waals surface area contributed by atoms with Crippen molar-refractivity contribution < 1.29 is 24.2 Å². The van der Waals surface area contributed by atoms with Crippen LogP contribution >= 0.6 is 11.3 Å². The number of Topliss-reactive ketones (excluding diaryl/α,β-unsaturated/α-hetero) is 1. The average molecular weight is 543 g/mol. The van der Waals surface area contributed by atoms with E-state index in [1.165, 1.54) is 16.2 Å². The van der Waals surface area contributed by atoms with Crippen molar-refractivity contribution >= 4 is 44.1 Å². The minimum absolute atomic E-state index is 0.0174. The normalized spacial score (nSPS) is 16.7. The average Bonchev–Trinajstić information content (AvgIpc) is 3.47. The molecule has 1 saturated heterocycles. The summed E-state index contributed by atoms with van der Waals surface area (Å²) in [6.45, 7) is 7.05. The highest BCUT2D eigenvalue weighted by molar-refractivity contribution is 7.22. The van der Waals surface area contributed by atoms with Gasteiger partial charge in [0.05, 0.1) is 35.0 Å². The minimum atomic E-state index is -0.845. The molecule has 0 aliphatic carbocycles. The second kappa shape index (κ2) is 11.3. The molecule has 0 spiro atoms. The smallest absolute Gasteiger partial charge is 0.301 e. The predicted molar refractivity (Wildman–Crippen MR) is 154 cm³/mol. The molecule has 200 valence electrons. The van der Waals surface area contributed by atoms with Crippen LogP contribution in [0.15, 0.2) is 72.3 Å². The lowest BCUT2D eigenvalue weighted by atomic mass is 9.95. The number of aliphatic hydroxyl groups is 1. The Labute approximate surface area is 231 Å². The van der Waals surface area contributed by atoms with Gasteiger partial charge < -0.3 is 14.6 Å². The summed E-state index contributed by atoms with van der Waals surface area (Å²) in [6.07, 6.45) is 1.90. The molecule has 0 saturated carbocycles. The summed E-state index contributed by atoms with van der Waals surface area (Å²) < 4.78 is 12.3. The Morgan fingerprint density at radius 1 is 1.00 bits per heavy atom. The van der Waals surface area contributed by atoms with Gasteiger partial charge in [-0.3, -0.25) is 14.5 Å². The van der Waals surface area contributed by atoms with Gasteiger partial charge in [-0.2, -0.15) is 0 Å². The van der Waals surface area contributed by atoms with E-state index < -0.39 is 17.7 Å². The molecule has 1 N–H and O–H groups in total. The summed E-state index contributed by atoms with van der Waals surface area (Å²) >= 11 is 1.30. The third kappa shape index (κ3) is 5.25. The number of ether oxygens (including phenoxy) is 2. The lowest BCUT2D eigenvalue weighted by molar-refractivity contribution is -0.132. The number of hydrogen-bond donors (Lipinski definition) is 1. The number of anilines is 1. The number of aliphatic hydroxyl groups excluding tert-OH is 1. The number of unbranched alkanes of at least 4 members (excludes halogenated alkanes) is 1. The van der Waals surface area contributed by atoms with Crippen LogP contribution in [-0.2, 0) is 9.59 Å². The zero-order valence-electron chi connectivity index (χ0n) is 22.1. The quantitative estimate of drug-likeness (QED) is 0.108. The van der Waals surface area contributed by atoms with Crippen LogP contribution in [0, 0.1) is 6.92 Å². The first-order chi connectivity index (χ1) is 18.9. The molecule has 1 aliphatic rings. The number of aryl methyl sites for hydroxylation is 1. The molecule has 0 radical (unpaired) electrons. The van der Waals surface area contributed by atoms with E-state index in [1.54, 1.807) is 24.3 Å². The van der Waals surface area contributed by atoms with Crippen LogP contribution in [0.1, 0.15) is 49.4 Å². The summed E-state index contributed by atoms with van der Waals surface area (Å²) in [6, 6.07) is 19.2. The van der Waals surface area contributed by atoms with Gasteiger partial charge in [0.15, 0.2) is 5.13 Å². The van der Waals surface area contributed by atoms with Crippen molar-refractivity contribution in [2.24, 2.45) is 0 Å². The molecule has 1 unspecified atom stereocenters. The van der Waals surface area contributed by atoms with Gasteiger partial charge in [0.1, 0.15) is 17.3 Å². The van der Waals surface area contributed by atoms with Gasteiger partial charge >= 0.3 is 5.91 Å². The Kier molecular flexibility index (Phi) is 7.65. The van der Waals surface area contributed by atoms with Crippen molar-refractivity contribution in [3.05, 3.63) is 89.0 Å². The van der Waals surface area contributed by atoms with Gasteiger partial charge in [0, 0.05) is 5.56 Å². The van der Waals surface area contributed by atoms with Crippen molar-refractivity contribution in [3.63, 3.8) is 0 Å². The van der Waals surface area contributed by atoms with Gasteiger partial charge in [-0.15, -0.1) is 0 Å². The molecule has 1 fully saturated rings. The van der Waals surface area contributed by atoms with Crippen LogP contribution in [0.4, 0.5) is 5.13 Å². The van der Waals surface area contributed by atoms with E-state index in [0.29, 0.717) is 46.5 Å². The first-order valence-electron chi connectivity index (χ1n) is 13.1. The van der Waals surface area contributed by atoms with E-state index in [1.807, 2.05) is 56.3 Å². The largest absolute Gasteiger partial charge is 0.507 e. The third-order valence-electron chi connectivity index (χ3n) is 6.58.